The summed E-state index contributed by atoms with van der Waals surface area (Å²) in [6.45, 7) is 7.03. The van der Waals surface area contributed by atoms with Gasteiger partial charge in [-0.1, -0.05) is 26.0 Å². The Morgan fingerprint density at radius 3 is 2.17 bits per heavy atom. The molecule has 1 rings (SSSR count). The van der Waals surface area contributed by atoms with Crippen LogP contribution in [0.15, 0.2) is 24.3 Å². The Hall–Kier alpha value is -1.06. The highest BCUT2D eigenvalue weighted by Gasteiger charge is 2.24. The quantitative estimate of drug-likeness (QED) is 0.808. The maximum Gasteiger partial charge on any atom is 0.119 e. The van der Waals surface area contributed by atoms with Crippen LogP contribution in [0, 0.1) is 5.92 Å². The predicted molar refractivity (Wildman–Crippen MR) is 75.0 cm³/mol. The first-order valence-corrected chi connectivity index (χ1v) is 6.56. The zero-order valence-corrected chi connectivity index (χ0v) is 12.1. The van der Waals surface area contributed by atoms with Gasteiger partial charge in [0.25, 0.3) is 0 Å². The van der Waals surface area contributed by atoms with Crippen molar-refractivity contribution < 1.29 is 9.47 Å². The van der Waals surface area contributed by atoms with Crippen LogP contribution < -0.4 is 10.1 Å². The fourth-order valence-corrected chi connectivity index (χ4v) is 2.25. The molecule has 18 heavy (non-hydrogen) atoms. The van der Waals surface area contributed by atoms with Gasteiger partial charge in [0.1, 0.15) is 5.75 Å². The molecule has 1 aromatic carbocycles. The normalized spacial score (nSPS) is 14.6. The van der Waals surface area contributed by atoms with E-state index in [1.807, 2.05) is 26.1 Å². The molecule has 0 aliphatic heterocycles. The molecular formula is C15H25NO2. The van der Waals surface area contributed by atoms with E-state index in [0.717, 1.165) is 5.75 Å². The Morgan fingerprint density at radius 2 is 1.78 bits per heavy atom. The highest BCUT2D eigenvalue weighted by Crippen LogP contribution is 2.25. The first-order chi connectivity index (χ1) is 8.63. The molecule has 0 bridgehead atoms. The zero-order chi connectivity index (χ0) is 13.5. The van der Waals surface area contributed by atoms with Crippen molar-refractivity contribution in [3.05, 3.63) is 29.8 Å². The van der Waals surface area contributed by atoms with E-state index in [4.69, 9.17) is 9.47 Å². The Morgan fingerprint density at radius 1 is 1.17 bits per heavy atom. The number of methoxy groups -OCH3 is 1. The average molecular weight is 251 g/mol. The summed E-state index contributed by atoms with van der Waals surface area (Å²) in [6.07, 6.45) is 0.160. The van der Waals surface area contributed by atoms with E-state index >= 15 is 0 Å². The summed E-state index contributed by atoms with van der Waals surface area (Å²) >= 11 is 0. The summed E-state index contributed by atoms with van der Waals surface area (Å²) in [6, 6.07) is 8.42. The van der Waals surface area contributed by atoms with Crippen molar-refractivity contribution in [1.29, 1.82) is 0 Å². The second-order valence-electron chi connectivity index (χ2n) is 4.71. The minimum absolute atomic E-state index is 0.160. The molecule has 0 amide bonds. The molecule has 0 radical (unpaired) electrons. The smallest absolute Gasteiger partial charge is 0.119 e. The van der Waals surface area contributed by atoms with Crippen molar-refractivity contribution in [2.45, 2.75) is 32.9 Å². The maximum absolute atomic E-state index is 5.60. The lowest BCUT2D eigenvalue weighted by Crippen LogP contribution is -2.34. The molecule has 1 aromatic rings. The molecule has 102 valence electrons. The van der Waals surface area contributed by atoms with Gasteiger partial charge in [0.15, 0.2) is 0 Å². The van der Waals surface area contributed by atoms with Crippen molar-refractivity contribution in [1.82, 2.24) is 5.32 Å². The van der Waals surface area contributed by atoms with Gasteiger partial charge in [-0.2, -0.15) is 0 Å². The molecule has 3 nitrogen and oxygen atoms in total. The van der Waals surface area contributed by atoms with Crippen LogP contribution in [-0.4, -0.2) is 26.9 Å². The first-order valence-electron chi connectivity index (χ1n) is 6.56. The molecule has 0 saturated carbocycles. The third-order valence-electron chi connectivity index (χ3n) is 3.12. The number of hydrogen-bond donors (Lipinski definition) is 1. The van der Waals surface area contributed by atoms with Crippen molar-refractivity contribution >= 4 is 0 Å². The number of hydrogen-bond acceptors (Lipinski definition) is 3. The molecule has 0 heterocycles. The van der Waals surface area contributed by atoms with Gasteiger partial charge in [-0.15, -0.1) is 0 Å². The van der Waals surface area contributed by atoms with E-state index in [-0.39, 0.29) is 12.1 Å². The second kappa shape index (κ2) is 7.39. The van der Waals surface area contributed by atoms with Gasteiger partial charge in [-0.3, -0.25) is 0 Å². The Balaban J connectivity index is 2.87. The first kappa shape index (κ1) is 15.0. The lowest BCUT2D eigenvalue weighted by atomic mass is 9.93. The minimum atomic E-state index is 0.160. The Bertz CT molecular complexity index is 335. The number of nitrogens with one attached hydrogen (secondary N) is 1. The molecule has 3 heteroatoms. The highest BCUT2D eigenvalue weighted by molar-refractivity contribution is 5.29. The molecule has 0 aromatic heterocycles. The van der Waals surface area contributed by atoms with Crippen LogP contribution in [-0.2, 0) is 4.74 Å². The number of rotatable bonds is 7. The highest BCUT2D eigenvalue weighted by atomic mass is 16.5. The summed E-state index contributed by atoms with van der Waals surface area (Å²) in [5.74, 6) is 1.37. The molecule has 0 fully saturated rings. The summed E-state index contributed by atoms with van der Waals surface area (Å²) in [4.78, 5) is 0. The molecule has 0 saturated heterocycles. The molecule has 0 aliphatic carbocycles. The van der Waals surface area contributed by atoms with Crippen molar-refractivity contribution in [3.63, 3.8) is 0 Å². The van der Waals surface area contributed by atoms with E-state index in [1.54, 1.807) is 7.11 Å². The van der Waals surface area contributed by atoms with E-state index in [0.29, 0.717) is 12.5 Å². The standard InChI is InChI=1S/C15H25NO2/c1-6-18-13-9-7-12(8-10-13)14(16-4)15(17-5)11(2)3/h7-11,14-16H,6H2,1-5H3. The summed E-state index contributed by atoms with van der Waals surface area (Å²) < 4.78 is 11.1. The van der Waals surface area contributed by atoms with Gasteiger partial charge >= 0.3 is 0 Å². The molecular weight excluding hydrogens is 226 g/mol. The van der Waals surface area contributed by atoms with Gasteiger partial charge in [0, 0.05) is 7.11 Å². The predicted octanol–water partition coefficient (Wildman–Crippen LogP) is 3.02. The van der Waals surface area contributed by atoms with E-state index in [2.05, 4.69) is 31.3 Å². The lowest BCUT2D eigenvalue weighted by Gasteiger charge is -2.29. The van der Waals surface area contributed by atoms with Gasteiger partial charge in [-0.25, -0.2) is 0 Å². The Kier molecular flexibility index (Phi) is 6.16. The summed E-state index contributed by atoms with van der Waals surface area (Å²) in [5, 5.41) is 3.34. The van der Waals surface area contributed by atoms with Crippen molar-refractivity contribution in [2.24, 2.45) is 5.92 Å². The molecule has 2 unspecified atom stereocenters. The summed E-state index contributed by atoms with van der Waals surface area (Å²) in [5.41, 5.74) is 1.22. The number of benzene rings is 1. The molecule has 1 N–H and O–H groups in total. The van der Waals surface area contributed by atoms with Crippen molar-refractivity contribution in [3.8, 4) is 5.75 Å². The van der Waals surface area contributed by atoms with Gasteiger partial charge in [-0.05, 0) is 37.6 Å². The third kappa shape index (κ3) is 3.72. The van der Waals surface area contributed by atoms with Crippen LogP contribution in [0.1, 0.15) is 32.4 Å². The second-order valence-corrected chi connectivity index (χ2v) is 4.71. The average Bonchev–Trinajstić information content (AvgIpc) is 2.37. The fourth-order valence-electron chi connectivity index (χ4n) is 2.25. The fraction of sp³-hybridized carbons (Fsp3) is 0.600. The van der Waals surface area contributed by atoms with Gasteiger partial charge in [0.05, 0.1) is 18.8 Å². The van der Waals surface area contributed by atoms with Crippen molar-refractivity contribution in [2.75, 3.05) is 20.8 Å². The zero-order valence-electron chi connectivity index (χ0n) is 12.1. The lowest BCUT2D eigenvalue weighted by molar-refractivity contribution is 0.0348. The molecule has 2 atom stereocenters. The molecule has 0 spiro atoms. The van der Waals surface area contributed by atoms with Gasteiger partial charge < -0.3 is 14.8 Å². The maximum atomic E-state index is 5.60. The largest absolute Gasteiger partial charge is 0.494 e. The van der Waals surface area contributed by atoms with Crippen LogP contribution in [0.2, 0.25) is 0 Å². The van der Waals surface area contributed by atoms with Crippen LogP contribution >= 0.6 is 0 Å². The topological polar surface area (TPSA) is 30.5 Å². The molecule has 0 aliphatic rings. The van der Waals surface area contributed by atoms with E-state index in [1.165, 1.54) is 5.56 Å². The van der Waals surface area contributed by atoms with Crippen LogP contribution in [0.3, 0.4) is 0 Å². The minimum Gasteiger partial charge on any atom is -0.494 e. The third-order valence-corrected chi connectivity index (χ3v) is 3.12. The monoisotopic (exact) mass is 251 g/mol. The number of ether oxygens (including phenoxy) is 2. The summed E-state index contributed by atoms with van der Waals surface area (Å²) in [7, 11) is 3.74. The van der Waals surface area contributed by atoms with E-state index < -0.39 is 0 Å². The van der Waals surface area contributed by atoms with Crippen LogP contribution in [0.5, 0.6) is 5.75 Å². The van der Waals surface area contributed by atoms with Crippen LogP contribution in [0.25, 0.3) is 0 Å². The van der Waals surface area contributed by atoms with Gasteiger partial charge in [0.2, 0.25) is 0 Å². The van der Waals surface area contributed by atoms with Crippen LogP contribution in [0.4, 0.5) is 0 Å². The van der Waals surface area contributed by atoms with E-state index in [9.17, 15) is 0 Å². The number of likely N-dealkylation sites (N-methyl/N-ethyl adjacent to an activating group) is 1. The SMILES string of the molecule is CCOc1ccc(C(NC)C(OC)C(C)C)cc1. The Labute approximate surface area is 110 Å².